The van der Waals surface area contributed by atoms with E-state index in [0.29, 0.717) is 6.42 Å². The molecule has 2 N–H and O–H groups in total. The monoisotopic (exact) mass is 256 g/mol. The van der Waals surface area contributed by atoms with Crippen molar-refractivity contribution in [1.82, 2.24) is 10.2 Å². The molecule has 0 spiro atoms. The van der Waals surface area contributed by atoms with Gasteiger partial charge in [-0.25, -0.2) is 0 Å². The highest BCUT2D eigenvalue weighted by molar-refractivity contribution is 5.78. The Labute approximate surface area is 111 Å². The number of hydrogen-bond acceptors (Lipinski definition) is 3. The molecule has 0 aromatic heterocycles. The Morgan fingerprint density at radius 2 is 1.83 bits per heavy atom. The lowest BCUT2D eigenvalue weighted by atomic mass is 9.95. The van der Waals surface area contributed by atoms with Gasteiger partial charge in [-0.1, -0.05) is 12.8 Å². The molecule has 0 radical (unpaired) electrons. The number of likely N-dealkylation sites (N-methyl/N-ethyl adjacent to an activating group) is 1. The van der Waals surface area contributed by atoms with Crippen molar-refractivity contribution in [2.75, 3.05) is 26.7 Å². The second kappa shape index (κ2) is 7.74. The van der Waals surface area contributed by atoms with Crippen LogP contribution in [-0.4, -0.2) is 48.2 Å². The Kier molecular flexibility index (Phi) is 6.65. The lowest BCUT2D eigenvalue weighted by molar-refractivity contribution is -0.144. The number of carbonyl (C=O) groups is 1. The van der Waals surface area contributed by atoms with Gasteiger partial charge >= 0.3 is 5.97 Å². The minimum absolute atomic E-state index is 0.701. The summed E-state index contributed by atoms with van der Waals surface area (Å²) >= 11 is 0. The predicted molar refractivity (Wildman–Crippen MR) is 73.9 cm³/mol. The normalized spacial score (nSPS) is 21.2. The Bertz CT molecular complexity index is 250. The van der Waals surface area contributed by atoms with E-state index in [1.807, 2.05) is 0 Å². The molecular formula is C14H28N2O2. The highest BCUT2D eigenvalue weighted by Crippen LogP contribution is 2.15. The van der Waals surface area contributed by atoms with Crippen LogP contribution in [0.4, 0.5) is 0 Å². The summed E-state index contributed by atoms with van der Waals surface area (Å²) in [6.07, 6.45) is 8.16. The zero-order chi connectivity index (χ0) is 13.4. The van der Waals surface area contributed by atoms with Gasteiger partial charge in [-0.05, 0) is 65.7 Å². The molecule has 18 heavy (non-hydrogen) atoms. The van der Waals surface area contributed by atoms with Crippen LogP contribution in [0.5, 0.6) is 0 Å². The van der Waals surface area contributed by atoms with Crippen LogP contribution >= 0.6 is 0 Å². The molecule has 0 bridgehead atoms. The molecule has 1 aliphatic rings. The van der Waals surface area contributed by atoms with Gasteiger partial charge in [0.25, 0.3) is 0 Å². The molecule has 0 amide bonds. The molecule has 1 rings (SSSR count). The Morgan fingerprint density at radius 1 is 1.22 bits per heavy atom. The third kappa shape index (κ3) is 4.94. The van der Waals surface area contributed by atoms with Crippen LogP contribution in [0.25, 0.3) is 0 Å². The van der Waals surface area contributed by atoms with Gasteiger partial charge in [0, 0.05) is 0 Å². The summed E-state index contributed by atoms with van der Waals surface area (Å²) in [6.45, 7) is 5.34. The van der Waals surface area contributed by atoms with Crippen molar-refractivity contribution in [2.45, 2.75) is 57.4 Å². The first kappa shape index (κ1) is 15.4. The van der Waals surface area contributed by atoms with E-state index in [9.17, 15) is 4.79 Å². The number of nitrogens with zero attached hydrogens (tertiary/aromatic N) is 1. The van der Waals surface area contributed by atoms with Gasteiger partial charge in [0.1, 0.15) is 5.54 Å². The van der Waals surface area contributed by atoms with Crippen molar-refractivity contribution < 1.29 is 9.90 Å². The number of nitrogens with one attached hydrogen (secondary N) is 1. The number of likely N-dealkylation sites (tertiary alicyclic amines) is 1. The van der Waals surface area contributed by atoms with Gasteiger partial charge in [-0.15, -0.1) is 0 Å². The maximum Gasteiger partial charge on any atom is 0.323 e. The van der Waals surface area contributed by atoms with E-state index in [0.717, 1.165) is 19.4 Å². The number of carboxylic acid groups (broad SMARTS) is 1. The molecule has 0 saturated carbocycles. The van der Waals surface area contributed by atoms with Crippen molar-refractivity contribution in [3.05, 3.63) is 0 Å². The smallest absolute Gasteiger partial charge is 0.323 e. The van der Waals surface area contributed by atoms with Crippen LogP contribution in [0.3, 0.4) is 0 Å². The lowest BCUT2D eigenvalue weighted by Crippen LogP contribution is -2.47. The van der Waals surface area contributed by atoms with Crippen LogP contribution in [0.2, 0.25) is 0 Å². The molecule has 4 heteroatoms. The summed E-state index contributed by atoms with van der Waals surface area (Å²) in [6, 6.07) is 0. The maximum absolute atomic E-state index is 11.1. The van der Waals surface area contributed by atoms with Crippen LogP contribution in [0, 0.1) is 0 Å². The van der Waals surface area contributed by atoms with Crippen molar-refractivity contribution in [3.8, 4) is 0 Å². The number of aliphatic carboxylic acids is 1. The molecular weight excluding hydrogens is 228 g/mol. The summed E-state index contributed by atoms with van der Waals surface area (Å²) in [5.41, 5.74) is -0.765. The fourth-order valence-electron chi connectivity index (χ4n) is 2.51. The lowest BCUT2D eigenvalue weighted by Gasteiger charge is -2.25. The molecule has 0 aliphatic carbocycles. The van der Waals surface area contributed by atoms with Crippen molar-refractivity contribution in [2.24, 2.45) is 0 Å². The molecule has 1 fully saturated rings. The van der Waals surface area contributed by atoms with E-state index in [4.69, 9.17) is 5.11 Å². The third-order valence-electron chi connectivity index (χ3n) is 4.12. The predicted octanol–water partition coefficient (Wildman–Crippen LogP) is 2.10. The van der Waals surface area contributed by atoms with Crippen LogP contribution < -0.4 is 5.32 Å². The first-order chi connectivity index (χ1) is 8.58. The SMILES string of the molecule is CNC(C)(CCCCN1CCCCCC1)C(=O)O. The van der Waals surface area contributed by atoms with Crippen LogP contribution in [-0.2, 0) is 4.79 Å². The van der Waals surface area contributed by atoms with Crippen molar-refractivity contribution in [3.63, 3.8) is 0 Å². The van der Waals surface area contributed by atoms with E-state index >= 15 is 0 Å². The Balaban J connectivity index is 2.19. The Morgan fingerprint density at radius 3 is 2.33 bits per heavy atom. The van der Waals surface area contributed by atoms with Gasteiger partial charge in [0.15, 0.2) is 0 Å². The molecule has 4 nitrogen and oxygen atoms in total. The minimum atomic E-state index is -0.765. The number of rotatable bonds is 7. The topological polar surface area (TPSA) is 52.6 Å². The maximum atomic E-state index is 11.1. The van der Waals surface area contributed by atoms with E-state index in [2.05, 4.69) is 10.2 Å². The number of carboxylic acids is 1. The zero-order valence-corrected chi connectivity index (χ0v) is 11.9. The third-order valence-corrected chi connectivity index (χ3v) is 4.12. The van der Waals surface area contributed by atoms with E-state index in [1.54, 1.807) is 14.0 Å². The van der Waals surface area contributed by atoms with Crippen LogP contribution in [0.15, 0.2) is 0 Å². The molecule has 1 heterocycles. The highest BCUT2D eigenvalue weighted by Gasteiger charge is 2.30. The molecule has 106 valence electrons. The largest absolute Gasteiger partial charge is 0.480 e. The van der Waals surface area contributed by atoms with Crippen molar-refractivity contribution >= 4 is 5.97 Å². The summed E-state index contributed by atoms with van der Waals surface area (Å²) in [7, 11) is 1.73. The number of unbranched alkanes of at least 4 members (excludes halogenated alkanes) is 1. The summed E-state index contributed by atoms with van der Waals surface area (Å²) in [4.78, 5) is 13.7. The van der Waals surface area contributed by atoms with Gasteiger partial charge in [0.2, 0.25) is 0 Å². The summed E-state index contributed by atoms with van der Waals surface area (Å²) < 4.78 is 0. The average Bonchev–Trinajstić information content (AvgIpc) is 2.62. The van der Waals surface area contributed by atoms with Crippen LogP contribution in [0.1, 0.15) is 51.9 Å². The molecule has 0 aromatic carbocycles. The number of hydrogen-bond donors (Lipinski definition) is 2. The van der Waals surface area contributed by atoms with Crippen molar-refractivity contribution in [1.29, 1.82) is 0 Å². The molecule has 1 aliphatic heterocycles. The second-order valence-electron chi connectivity index (χ2n) is 5.60. The summed E-state index contributed by atoms with van der Waals surface area (Å²) in [5, 5.41) is 12.1. The minimum Gasteiger partial charge on any atom is -0.480 e. The molecule has 1 saturated heterocycles. The van der Waals surface area contributed by atoms with Gasteiger partial charge < -0.3 is 15.3 Å². The highest BCUT2D eigenvalue weighted by atomic mass is 16.4. The van der Waals surface area contributed by atoms with Gasteiger partial charge in [-0.3, -0.25) is 4.79 Å². The summed E-state index contributed by atoms with van der Waals surface area (Å²) in [5.74, 6) is -0.750. The average molecular weight is 256 g/mol. The second-order valence-corrected chi connectivity index (χ2v) is 5.60. The first-order valence-corrected chi connectivity index (χ1v) is 7.23. The van der Waals surface area contributed by atoms with E-state index in [1.165, 1.54) is 38.8 Å². The Hall–Kier alpha value is -0.610. The quantitative estimate of drug-likeness (QED) is 0.685. The zero-order valence-electron chi connectivity index (χ0n) is 11.9. The standard InChI is InChI=1S/C14H28N2O2/c1-14(15-2,13(17)18)9-5-8-12-16-10-6-3-4-7-11-16/h15H,3-12H2,1-2H3,(H,17,18). The van der Waals surface area contributed by atoms with Gasteiger partial charge in [-0.2, -0.15) is 0 Å². The van der Waals surface area contributed by atoms with E-state index in [-0.39, 0.29) is 0 Å². The van der Waals surface area contributed by atoms with Gasteiger partial charge in [0.05, 0.1) is 0 Å². The molecule has 1 unspecified atom stereocenters. The molecule has 0 aromatic rings. The molecule has 1 atom stereocenters. The fourth-order valence-corrected chi connectivity index (χ4v) is 2.51. The first-order valence-electron chi connectivity index (χ1n) is 7.23. The fraction of sp³-hybridized carbons (Fsp3) is 0.929. The van der Waals surface area contributed by atoms with E-state index < -0.39 is 11.5 Å².